The number of nitrogens with one attached hydrogen (secondary N) is 1. The molecule has 0 saturated heterocycles. The van der Waals surface area contributed by atoms with Gasteiger partial charge in [-0.3, -0.25) is 5.41 Å². The zero-order valence-electron chi connectivity index (χ0n) is 7.30. The molecule has 0 aliphatic carbocycles. The molecule has 0 aliphatic rings. The molecule has 0 aromatic heterocycles. The van der Waals surface area contributed by atoms with Crippen molar-refractivity contribution in [2.45, 2.75) is 11.8 Å². The van der Waals surface area contributed by atoms with Crippen LogP contribution < -0.4 is 5.73 Å². The van der Waals surface area contributed by atoms with Gasteiger partial charge in [-0.25, -0.2) is 0 Å². The van der Waals surface area contributed by atoms with Crippen molar-refractivity contribution in [1.29, 1.82) is 5.41 Å². The summed E-state index contributed by atoms with van der Waals surface area (Å²) < 4.78 is 0.887. The molecule has 0 unspecified atom stereocenters. The summed E-state index contributed by atoms with van der Waals surface area (Å²) in [6.45, 7) is 2.11. The molecule has 3 N–H and O–H groups in total. The molecule has 0 fully saturated rings. The van der Waals surface area contributed by atoms with Crippen LogP contribution >= 0.6 is 27.7 Å². The van der Waals surface area contributed by atoms with Gasteiger partial charge in [-0.05, 0) is 39.9 Å². The molecule has 0 bridgehead atoms. The molecular formula is C9H11BrN2S. The largest absolute Gasteiger partial charge is 0.384 e. The first-order valence-electron chi connectivity index (χ1n) is 3.92. The molecule has 1 aromatic carbocycles. The summed E-state index contributed by atoms with van der Waals surface area (Å²) in [5, 5.41) is 7.29. The average molecular weight is 259 g/mol. The van der Waals surface area contributed by atoms with Crippen LogP contribution in [0, 0.1) is 5.41 Å². The summed E-state index contributed by atoms with van der Waals surface area (Å²) in [5.74, 6) is 1.14. The van der Waals surface area contributed by atoms with Crippen LogP contribution in [0.5, 0.6) is 0 Å². The van der Waals surface area contributed by atoms with Crippen LogP contribution in [-0.4, -0.2) is 11.6 Å². The topological polar surface area (TPSA) is 49.9 Å². The number of nitrogen functional groups attached to an aromatic ring is 1. The molecule has 0 spiro atoms. The van der Waals surface area contributed by atoms with Gasteiger partial charge in [0.25, 0.3) is 0 Å². The second-order valence-electron chi connectivity index (χ2n) is 2.49. The maximum atomic E-state index is 7.29. The number of amidine groups is 1. The normalized spacial score (nSPS) is 10.0. The summed E-state index contributed by atoms with van der Waals surface area (Å²) in [4.78, 5) is 1.19. The van der Waals surface area contributed by atoms with E-state index in [1.165, 1.54) is 4.90 Å². The van der Waals surface area contributed by atoms with E-state index >= 15 is 0 Å². The van der Waals surface area contributed by atoms with Gasteiger partial charge < -0.3 is 5.73 Å². The fourth-order valence-electron chi connectivity index (χ4n) is 0.971. The predicted octanol–water partition coefficient (Wildman–Crippen LogP) is 2.85. The van der Waals surface area contributed by atoms with Gasteiger partial charge in [0.05, 0.1) is 0 Å². The third kappa shape index (κ3) is 2.74. The third-order valence-electron chi connectivity index (χ3n) is 1.54. The minimum Gasteiger partial charge on any atom is -0.384 e. The van der Waals surface area contributed by atoms with Crippen LogP contribution in [0.15, 0.2) is 27.6 Å². The Kier molecular flexibility index (Phi) is 3.81. The van der Waals surface area contributed by atoms with Crippen molar-refractivity contribution >= 4 is 33.5 Å². The van der Waals surface area contributed by atoms with Gasteiger partial charge in [-0.1, -0.05) is 6.92 Å². The van der Waals surface area contributed by atoms with E-state index in [-0.39, 0.29) is 5.84 Å². The summed E-state index contributed by atoms with van der Waals surface area (Å²) in [5.41, 5.74) is 6.14. The fourth-order valence-corrected chi connectivity index (χ4v) is 2.41. The van der Waals surface area contributed by atoms with Crippen LogP contribution in [0.1, 0.15) is 12.5 Å². The molecule has 0 heterocycles. The van der Waals surface area contributed by atoms with Crippen molar-refractivity contribution in [2.24, 2.45) is 5.73 Å². The molecule has 4 heteroatoms. The second-order valence-corrected chi connectivity index (χ2v) is 4.68. The van der Waals surface area contributed by atoms with E-state index in [9.17, 15) is 0 Å². The summed E-state index contributed by atoms with van der Waals surface area (Å²) in [7, 11) is 0. The number of hydrogen-bond donors (Lipinski definition) is 2. The van der Waals surface area contributed by atoms with Crippen LogP contribution in [0.25, 0.3) is 0 Å². The Morgan fingerprint density at radius 2 is 2.31 bits per heavy atom. The first kappa shape index (κ1) is 10.6. The number of halogens is 1. The quantitative estimate of drug-likeness (QED) is 0.498. The highest BCUT2D eigenvalue weighted by molar-refractivity contribution is 9.10. The van der Waals surface area contributed by atoms with Crippen LogP contribution in [-0.2, 0) is 0 Å². The Bertz CT molecular complexity index is 325. The van der Waals surface area contributed by atoms with Gasteiger partial charge in [0.1, 0.15) is 5.84 Å². The molecular weight excluding hydrogens is 248 g/mol. The van der Waals surface area contributed by atoms with E-state index in [4.69, 9.17) is 11.1 Å². The van der Waals surface area contributed by atoms with E-state index in [0.29, 0.717) is 0 Å². The molecule has 0 radical (unpaired) electrons. The Labute approximate surface area is 90.5 Å². The van der Waals surface area contributed by atoms with Gasteiger partial charge in [0.15, 0.2) is 0 Å². The van der Waals surface area contributed by atoms with E-state index < -0.39 is 0 Å². The van der Waals surface area contributed by atoms with Crippen LogP contribution in [0.4, 0.5) is 0 Å². The first-order valence-corrected chi connectivity index (χ1v) is 5.69. The molecule has 0 saturated carbocycles. The van der Waals surface area contributed by atoms with Crippen LogP contribution in [0.2, 0.25) is 0 Å². The highest BCUT2D eigenvalue weighted by Crippen LogP contribution is 2.24. The first-order chi connectivity index (χ1) is 6.15. The monoisotopic (exact) mass is 258 g/mol. The lowest BCUT2D eigenvalue weighted by Crippen LogP contribution is -2.11. The predicted molar refractivity (Wildman–Crippen MR) is 61.6 cm³/mol. The Hall–Kier alpha value is -0.480. The van der Waals surface area contributed by atoms with Gasteiger partial charge in [-0.15, -0.1) is 11.8 Å². The van der Waals surface area contributed by atoms with E-state index in [2.05, 4.69) is 22.9 Å². The number of rotatable bonds is 3. The third-order valence-corrected chi connectivity index (χ3v) is 3.07. The van der Waals surface area contributed by atoms with Crippen molar-refractivity contribution in [3.8, 4) is 0 Å². The van der Waals surface area contributed by atoms with Gasteiger partial charge in [0, 0.05) is 14.9 Å². The summed E-state index contributed by atoms with van der Waals surface area (Å²) >= 11 is 5.15. The van der Waals surface area contributed by atoms with E-state index in [1.807, 2.05) is 18.2 Å². The maximum Gasteiger partial charge on any atom is 0.123 e. The smallest absolute Gasteiger partial charge is 0.123 e. The number of nitrogens with two attached hydrogens (primary N) is 1. The summed E-state index contributed by atoms with van der Waals surface area (Å²) in [6, 6.07) is 5.84. The van der Waals surface area contributed by atoms with Gasteiger partial charge >= 0.3 is 0 Å². The maximum absolute atomic E-state index is 7.29. The average Bonchev–Trinajstić information content (AvgIpc) is 2.04. The molecule has 0 amide bonds. The lowest BCUT2D eigenvalue weighted by atomic mass is 10.2. The SMILES string of the molecule is CCSc1ccc(C(=N)N)c(Br)c1. The van der Waals surface area contributed by atoms with Crippen molar-refractivity contribution in [2.75, 3.05) is 5.75 Å². The molecule has 2 nitrogen and oxygen atoms in total. The molecule has 0 atom stereocenters. The second kappa shape index (κ2) is 4.67. The Morgan fingerprint density at radius 1 is 1.62 bits per heavy atom. The lowest BCUT2D eigenvalue weighted by molar-refractivity contribution is 1.36. The van der Waals surface area contributed by atoms with Crippen molar-refractivity contribution < 1.29 is 0 Å². The highest BCUT2D eigenvalue weighted by Gasteiger charge is 2.03. The standard InChI is InChI=1S/C9H11BrN2S/c1-2-13-6-3-4-7(9(11)12)8(10)5-6/h3-5H,2H2,1H3,(H3,11,12). The van der Waals surface area contributed by atoms with E-state index in [1.54, 1.807) is 11.8 Å². The molecule has 70 valence electrons. The van der Waals surface area contributed by atoms with Gasteiger partial charge in [-0.2, -0.15) is 0 Å². The van der Waals surface area contributed by atoms with Crippen molar-refractivity contribution in [3.63, 3.8) is 0 Å². The molecule has 13 heavy (non-hydrogen) atoms. The Balaban J connectivity index is 2.98. The van der Waals surface area contributed by atoms with Crippen molar-refractivity contribution in [1.82, 2.24) is 0 Å². The molecule has 0 aliphatic heterocycles. The summed E-state index contributed by atoms with van der Waals surface area (Å²) in [6.07, 6.45) is 0. The number of hydrogen-bond acceptors (Lipinski definition) is 2. The zero-order chi connectivity index (χ0) is 9.84. The highest BCUT2D eigenvalue weighted by atomic mass is 79.9. The zero-order valence-corrected chi connectivity index (χ0v) is 9.71. The van der Waals surface area contributed by atoms with Gasteiger partial charge in [0.2, 0.25) is 0 Å². The number of thioether (sulfide) groups is 1. The minimum atomic E-state index is 0.0972. The minimum absolute atomic E-state index is 0.0972. The number of benzene rings is 1. The Morgan fingerprint density at radius 3 is 2.77 bits per heavy atom. The molecule has 1 aromatic rings. The lowest BCUT2D eigenvalue weighted by Gasteiger charge is -2.04. The van der Waals surface area contributed by atoms with E-state index in [0.717, 1.165) is 15.8 Å². The van der Waals surface area contributed by atoms with Crippen LogP contribution in [0.3, 0.4) is 0 Å². The molecule has 1 rings (SSSR count). The fraction of sp³-hybridized carbons (Fsp3) is 0.222. The van der Waals surface area contributed by atoms with Crippen molar-refractivity contribution in [3.05, 3.63) is 28.2 Å².